The molecule has 12 heavy (non-hydrogen) atoms. The van der Waals surface area contributed by atoms with Crippen molar-refractivity contribution in [3.8, 4) is 0 Å². The van der Waals surface area contributed by atoms with Crippen LogP contribution in [0.15, 0.2) is 23.3 Å². The van der Waals surface area contributed by atoms with E-state index < -0.39 is 0 Å². The van der Waals surface area contributed by atoms with Crippen molar-refractivity contribution in [2.75, 3.05) is 0 Å². The second kappa shape index (κ2) is 3.70. The van der Waals surface area contributed by atoms with Crippen LogP contribution < -0.4 is 0 Å². The minimum absolute atomic E-state index is 0.263. The summed E-state index contributed by atoms with van der Waals surface area (Å²) in [6.07, 6.45) is 5.55. The number of allylic oxidation sites excluding steroid dienone is 4. The van der Waals surface area contributed by atoms with E-state index in [1.807, 2.05) is 6.92 Å². The van der Waals surface area contributed by atoms with E-state index in [9.17, 15) is 4.79 Å². The van der Waals surface area contributed by atoms with Crippen molar-refractivity contribution >= 4 is 5.78 Å². The monoisotopic (exact) mass is 164 g/mol. The van der Waals surface area contributed by atoms with Crippen molar-refractivity contribution in [3.63, 3.8) is 0 Å². The third kappa shape index (κ3) is 2.07. The Morgan fingerprint density at radius 1 is 1.42 bits per heavy atom. The third-order valence-corrected chi connectivity index (χ3v) is 2.21. The molecule has 0 fully saturated rings. The molecule has 0 heterocycles. The Bertz CT molecular complexity index is 244. The van der Waals surface area contributed by atoms with E-state index >= 15 is 0 Å². The van der Waals surface area contributed by atoms with Gasteiger partial charge >= 0.3 is 0 Å². The second-order valence-electron chi connectivity index (χ2n) is 3.65. The molecular weight excluding hydrogens is 148 g/mol. The summed E-state index contributed by atoms with van der Waals surface area (Å²) in [4.78, 5) is 11.2. The zero-order chi connectivity index (χ0) is 9.14. The van der Waals surface area contributed by atoms with Crippen molar-refractivity contribution in [1.29, 1.82) is 0 Å². The lowest BCUT2D eigenvalue weighted by Crippen LogP contribution is -1.95. The van der Waals surface area contributed by atoms with Gasteiger partial charge in [-0.25, -0.2) is 0 Å². The third-order valence-electron chi connectivity index (χ3n) is 2.21. The predicted molar refractivity (Wildman–Crippen MR) is 50.9 cm³/mol. The first-order chi connectivity index (χ1) is 5.61. The first-order valence-electron chi connectivity index (χ1n) is 4.53. The van der Waals surface area contributed by atoms with Gasteiger partial charge in [0.1, 0.15) is 0 Å². The van der Waals surface area contributed by atoms with Crippen LogP contribution in [0.1, 0.15) is 33.6 Å². The molecule has 0 N–H and O–H groups in total. The first-order valence-corrected chi connectivity index (χ1v) is 4.53. The van der Waals surface area contributed by atoms with Gasteiger partial charge in [-0.15, -0.1) is 0 Å². The van der Waals surface area contributed by atoms with Crippen LogP contribution in [0.5, 0.6) is 0 Å². The zero-order valence-electron chi connectivity index (χ0n) is 8.05. The molecule has 0 atom stereocenters. The maximum Gasteiger partial charge on any atom is 0.156 e. The standard InChI is InChI=1S/C11H16O/c1-8(2)11-6-4-5-10(12)7-9(11)3/h6-8H,4-5H2,1-3H3. The van der Waals surface area contributed by atoms with Gasteiger partial charge in [-0.05, 0) is 36.5 Å². The van der Waals surface area contributed by atoms with Crippen molar-refractivity contribution in [1.82, 2.24) is 0 Å². The molecule has 0 aliphatic heterocycles. The van der Waals surface area contributed by atoms with Gasteiger partial charge in [0.15, 0.2) is 5.78 Å². The molecule has 0 radical (unpaired) electrons. The van der Waals surface area contributed by atoms with E-state index in [1.54, 1.807) is 6.08 Å². The highest BCUT2D eigenvalue weighted by atomic mass is 16.1. The van der Waals surface area contributed by atoms with Gasteiger partial charge in [0.25, 0.3) is 0 Å². The van der Waals surface area contributed by atoms with Gasteiger partial charge in [0.2, 0.25) is 0 Å². The molecule has 0 aromatic heterocycles. The number of carbonyl (C=O) groups excluding carboxylic acids is 1. The fraction of sp³-hybridized carbons (Fsp3) is 0.545. The first kappa shape index (κ1) is 9.24. The average Bonchev–Trinajstić information content (AvgIpc) is 2.10. The van der Waals surface area contributed by atoms with Gasteiger partial charge < -0.3 is 0 Å². The van der Waals surface area contributed by atoms with Crippen LogP contribution in [-0.2, 0) is 4.79 Å². The van der Waals surface area contributed by atoms with E-state index in [0.29, 0.717) is 12.3 Å². The molecule has 1 aliphatic carbocycles. The Kier molecular flexibility index (Phi) is 2.85. The lowest BCUT2D eigenvalue weighted by Gasteiger charge is -2.09. The summed E-state index contributed by atoms with van der Waals surface area (Å²) in [7, 11) is 0. The molecular formula is C11H16O. The average molecular weight is 164 g/mol. The molecule has 0 aromatic rings. The van der Waals surface area contributed by atoms with Crippen LogP contribution >= 0.6 is 0 Å². The molecule has 0 aromatic carbocycles. The number of ketones is 1. The number of rotatable bonds is 1. The summed E-state index contributed by atoms with van der Waals surface area (Å²) in [6.45, 7) is 6.35. The molecule has 1 nitrogen and oxygen atoms in total. The summed E-state index contributed by atoms with van der Waals surface area (Å²) >= 11 is 0. The lowest BCUT2D eigenvalue weighted by atomic mass is 9.96. The lowest BCUT2D eigenvalue weighted by molar-refractivity contribution is -0.114. The molecule has 1 aliphatic rings. The Hall–Kier alpha value is -0.850. The number of carbonyl (C=O) groups is 1. The van der Waals surface area contributed by atoms with Gasteiger partial charge in [0, 0.05) is 6.42 Å². The topological polar surface area (TPSA) is 17.1 Å². The van der Waals surface area contributed by atoms with E-state index in [1.165, 1.54) is 5.57 Å². The molecule has 0 unspecified atom stereocenters. The van der Waals surface area contributed by atoms with Crippen molar-refractivity contribution in [2.24, 2.45) is 5.92 Å². The summed E-state index contributed by atoms with van der Waals surface area (Å²) in [5, 5.41) is 0. The van der Waals surface area contributed by atoms with Crippen LogP contribution in [0.2, 0.25) is 0 Å². The summed E-state index contributed by atoms with van der Waals surface area (Å²) < 4.78 is 0. The van der Waals surface area contributed by atoms with E-state index in [0.717, 1.165) is 12.0 Å². The Balaban J connectivity index is 2.91. The van der Waals surface area contributed by atoms with Crippen LogP contribution in [0.4, 0.5) is 0 Å². The molecule has 0 amide bonds. The Morgan fingerprint density at radius 3 is 2.67 bits per heavy atom. The van der Waals surface area contributed by atoms with E-state index in [2.05, 4.69) is 19.9 Å². The van der Waals surface area contributed by atoms with Crippen molar-refractivity contribution in [2.45, 2.75) is 33.6 Å². The molecule has 66 valence electrons. The number of hydrogen-bond acceptors (Lipinski definition) is 1. The highest BCUT2D eigenvalue weighted by molar-refractivity contribution is 5.91. The maximum atomic E-state index is 11.2. The van der Waals surface area contributed by atoms with Gasteiger partial charge in [-0.2, -0.15) is 0 Å². The van der Waals surface area contributed by atoms with Crippen LogP contribution in [0.25, 0.3) is 0 Å². The minimum atomic E-state index is 0.263. The smallest absolute Gasteiger partial charge is 0.156 e. The molecule has 0 saturated carbocycles. The largest absolute Gasteiger partial charge is 0.295 e. The summed E-state index contributed by atoms with van der Waals surface area (Å²) in [5.74, 6) is 0.798. The van der Waals surface area contributed by atoms with E-state index in [4.69, 9.17) is 0 Å². The molecule has 0 spiro atoms. The van der Waals surface area contributed by atoms with Crippen molar-refractivity contribution in [3.05, 3.63) is 23.3 Å². The highest BCUT2D eigenvalue weighted by Gasteiger charge is 2.10. The SMILES string of the molecule is CC1=CC(=O)CCC=C1C(C)C. The summed E-state index contributed by atoms with van der Waals surface area (Å²) in [5.41, 5.74) is 2.48. The fourth-order valence-electron chi connectivity index (χ4n) is 1.62. The molecule has 0 bridgehead atoms. The Morgan fingerprint density at radius 2 is 2.08 bits per heavy atom. The Labute approximate surface area is 74.2 Å². The highest BCUT2D eigenvalue weighted by Crippen LogP contribution is 2.22. The molecule has 1 heteroatoms. The molecule has 1 rings (SSSR count). The summed E-state index contributed by atoms with van der Waals surface area (Å²) in [6, 6.07) is 0. The van der Waals surface area contributed by atoms with Crippen LogP contribution in [-0.4, -0.2) is 5.78 Å². The van der Waals surface area contributed by atoms with E-state index in [-0.39, 0.29) is 5.78 Å². The fourth-order valence-corrected chi connectivity index (χ4v) is 1.62. The number of hydrogen-bond donors (Lipinski definition) is 0. The van der Waals surface area contributed by atoms with Crippen LogP contribution in [0.3, 0.4) is 0 Å². The van der Waals surface area contributed by atoms with Gasteiger partial charge in [-0.1, -0.05) is 19.9 Å². The zero-order valence-corrected chi connectivity index (χ0v) is 8.05. The quantitative estimate of drug-likeness (QED) is 0.582. The second-order valence-corrected chi connectivity index (χ2v) is 3.65. The van der Waals surface area contributed by atoms with Gasteiger partial charge in [-0.3, -0.25) is 4.79 Å². The minimum Gasteiger partial charge on any atom is -0.295 e. The van der Waals surface area contributed by atoms with Gasteiger partial charge in [0.05, 0.1) is 0 Å². The molecule has 0 saturated heterocycles. The van der Waals surface area contributed by atoms with Crippen molar-refractivity contribution < 1.29 is 4.79 Å². The maximum absolute atomic E-state index is 11.2. The normalized spacial score (nSPS) is 18.8. The predicted octanol–water partition coefficient (Wildman–Crippen LogP) is 2.88. The van der Waals surface area contributed by atoms with Crippen LogP contribution in [0, 0.1) is 5.92 Å².